The van der Waals surface area contributed by atoms with E-state index < -0.39 is 0 Å². The van der Waals surface area contributed by atoms with E-state index in [0.717, 1.165) is 49.9 Å². The number of aromatic nitrogens is 2. The predicted molar refractivity (Wildman–Crippen MR) is 95.3 cm³/mol. The molecule has 1 fully saturated rings. The van der Waals surface area contributed by atoms with E-state index in [1.807, 2.05) is 18.2 Å². The van der Waals surface area contributed by atoms with Gasteiger partial charge in [0.25, 0.3) is 5.91 Å². The average Bonchev–Trinajstić information content (AvgIpc) is 3.23. The van der Waals surface area contributed by atoms with Gasteiger partial charge >= 0.3 is 0 Å². The van der Waals surface area contributed by atoms with E-state index in [1.165, 1.54) is 5.56 Å². The van der Waals surface area contributed by atoms with Gasteiger partial charge in [-0.3, -0.25) is 9.89 Å². The van der Waals surface area contributed by atoms with Crippen molar-refractivity contribution in [2.45, 2.75) is 44.2 Å². The van der Waals surface area contributed by atoms with Crippen LogP contribution in [0.5, 0.6) is 0 Å². The smallest absolute Gasteiger partial charge is 0.272 e. The summed E-state index contributed by atoms with van der Waals surface area (Å²) >= 11 is 0. The maximum absolute atomic E-state index is 12.9. The van der Waals surface area contributed by atoms with Gasteiger partial charge in [-0.2, -0.15) is 5.10 Å². The van der Waals surface area contributed by atoms with E-state index in [4.69, 9.17) is 0 Å². The number of nitrogens with zero attached hydrogens (tertiary/aromatic N) is 1. The van der Waals surface area contributed by atoms with Crippen molar-refractivity contribution in [3.63, 3.8) is 0 Å². The molecule has 1 aliphatic heterocycles. The Morgan fingerprint density at radius 2 is 1.92 bits per heavy atom. The molecule has 1 aromatic heterocycles. The van der Waals surface area contributed by atoms with Crippen LogP contribution in [0.15, 0.2) is 30.3 Å². The van der Waals surface area contributed by atoms with E-state index in [9.17, 15) is 4.79 Å². The second-order valence-corrected chi connectivity index (χ2v) is 6.57. The van der Waals surface area contributed by atoms with Crippen LogP contribution in [0, 0.1) is 0 Å². The number of carbonyl (C=O) groups excluding carboxylic acids is 1. The fraction of sp³-hybridized carbons (Fsp3) is 0.444. The molecule has 1 saturated carbocycles. The van der Waals surface area contributed by atoms with Crippen LogP contribution >= 0.6 is 12.4 Å². The SMILES string of the molecule is Cl.O=C(NC1(c2ccccc2)CCCC1)c1n[nH]c2c1CNCC2. The van der Waals surface area contributed by atoms with Gasteiger partial charge in [-0.1, -0.05) is 43.2 Å². The van der Waals surface area contributed by atoms with E-state index in [-0.39, 0.29) is 23.9 Å². The highest BCUT2D eigenvalue weighted by molar-refractivity contribution is 5.94. The molecule has 0 bridgehead atoms. The molecule has 0 radical (unpaired) electrons. The first kappa shape index (κ1) is 17.0. The number of benzene rings is 1. The van der Waals surface area contributed by atoms with Crippen molar-refractivity contribution in [3.8, 4) is 0 Å². The number of rotatable bonds is 3. The van der Waals surface area contributed by atoms with Crippen LogP contribution in [-0.4, -0.2) is 22.6 Å². The minimum absolute atomic E-state index is 0. The van der Waals surface area contributed by atoms with Gasteiger partial charge in [0.1, 0.15) is 0 Å². The van der Waals surface area contributed by atoms with Crippen LogP contribution in [0.25, 0.3) is 0 Å². The molecule has 0 unspecified atom stereocenters. The Hall–Kier alpha value is -1.85. The molecule has 0 saturated heterocycles. The summed E-state index contributed by atoms with van der Waals surface area (Å²) in [5.41, 5.74) is 3.62. The van der Waals surface area contributed by atoms with Crippen LogP contribution in [0.4, 0.5) is 0 Å². The second-order valence-electron chi connectivity index (χ2n) is 6.57. The Balaban J connectivity index is 0.00000169. The van der Waals surface area contributed by atoms with Gasteiger partial charge in [0.05, 0.1) is 5.54 Å². The van der Waals surface area contributed by atoms with Gasteiger partial charge < -0.3 is 10.6 Å². The first-order valence-electron chi connectivity index (χ1n) is 8.43. The largest absolute Gasteiger partial charge is 0.341 e. The average molecular weight is 347 g/mol. The summed E-state index contributed by atoms with van der Waals surface area (Å²) in [5.74, 6) is -0.0584. The maximum Gasteiger partial charge on any atom is 0.272 e. The molecule has 3 N–H and O–H groups in total. The molecular weight excluding hydrogens is 324 g/mol. The first-order valence-corrected chi connectivity index (χ1v) is 8.43. The highest BCUT2D eigenvalue weighted by Gasteiger charge is 2.38. The Labute approximate surface area is 148 Å². The molecule has 2 aromatic rings. The Morgan fingerprint density at radius 1 is 1.17 bits per heavy atom. The number of hydrogen-bond acceptors (Lipinski definition) is 3. The molecule has 24 heavy (non-hydrogen) atoms. The molecule has 128 valence electrons. The maximum atomic E-state index is 12.9. The molecule has 1 aromatic carbocycles. The fourth-order valence-corrected chi connectivity index (χ4v) is 3.91. The zero-order valence-corrected chi connectivity index (χ0v) is 14.4. The van der Waals surface area contributed by atoms with Crippen LogP contribution in [0.2, 0.25) is 0 Å². The monoisotopic (exact) mass is 346 g/mol. The van der Waals surface area contributed by atoms with Crippen LogP contribution < -0.4 is 10.6 Å². The highest BCUT2D eigenvalue weighted by atomic mass is 35.5. The lowest BCUT2D eigenvalue weighted by Gasteiger charge is -2.31. The van der Waals surface area contributed by atoms with Gasteiger partial charge in [0.15, 0.2) is 5.69 Å². The Bertz CT molecular complexity index is 707. The van der Waals surface area contributed by atoms with Crippen molar-refractivity contribution >= 4 is 18.3 Å². The van der Waals surface area contributed by atoms with Gasteiger partial charge in [-0.25, -0.2) is 0 Å². The van der Waals surface area contributed by atoms with Crippen molar-refractivity contribution in [2.24, 2.45) is 0 Å². The minimum atomic E-state index is -0.244. The third-order valence-electron chi connectivity index (χ3n) is 5.16. The van der Waals surface area contributed by atoms with Crippen molar-refractivity contribution in [3.05, 3.63) is 52.8 Å². The number of amides is 1. The lowest BCUT2D eigenvalue weighted by Crippen LogP contribution is -2.44. The van der Waals surface area contributed by atoms with Crippen LogP contribution in [0.3, 0.4) is 0 Å². The summed E-state index contributed by atoms with van der Waals surface area (Å²) in [6, 6.07) is 10.3. The van der Waals surface area contributed by atoms with Crippen LogP contribution in [-0.2, 0) is 18.5 Å². The summed E-state index contributed by atoms with van der Waals surface area (Å²) in [7, 11) is 0. The predicted octanol–water partition coefficient (Wildman–Crippen LogP) is 2.68. The lowest BCUT2D eigenvalue weighted by atomic mass is 9.88. The van der Waals surface area contributed by atoms with E-state index in [0.29, 0.717) is 12.2 Å². The molecule has 0 atom stereocenters. The van der Waals surface area contributed by atoms with E-state index in [1.54, 1.807) is 0 Å². The first-order chi connectivity index (χ1) is 11.3. The zero-order valence-electron chi connectivity index (χ0n) is 13.6. The van der Waals surface area contributed by atoms with Crippen molar-refractivity contribution in [2.75, 3.05) is 6.54 Å². The number of H-pyrrole nitrogens is 1. The van der Waals surface area contributed by atoms with Crippen molar-refractivity contribution in [1.29, 1.82) is 0 Å². The summed E-state index contributed by atoms with van der Waals surface area (Å²) in [6.45, 7) is 1.65. The summed E-state index contributed by atoms with van der Waals surface area (Å²) in [6.07, 6.45) is 5.19. The molecule has 2 aliphatic rings. The summed E-state index contributed by atoms with van der Waals surface area (Å²) in [5, 5.41) is 14.0. The van der Waals surface area contributed by atoms with Crippen LogP contribution in [0.1, 0.15) is 53.0 Å². The highest BCUT2D eigenvalue weighted by Crippen LogP contribution is 2.39. The summed E-state index contributed by atoms with van der Waals surface area (Å²) < 4.78 is 0. The Kier molecular flexibility index (Phi) is 4.92. The lowest BCUT2D eigenvalue weighted by molar-refractivity contribution is 0.0891. The van der Waals surface area contributed by atoms with Gasteiger partial charge in [0, 0.05) is 30.8 Å². The number of carbonyl (C=O) groups is 1. The summed E-state index contributed by atoms with van der Waals surface area (Å²) in [4.78, 5) is 12.9. The quantitative estimate of drug-likeness (QED) is 0.800. The van der Waals surface area contributed by atoms with Crippen molar-refractivity contribution in [1.82, 2.24) is 20.8 Å². The normalized spacial score (nSPS) is 18.5. The minimum Gasteiger partial charge on any atom is -0.341 e. The van der Waals surface area contributed by atoms with Gasteiger partial charge in [-0.05, 0) is 18.4 Å². The fourth-order valence-electron chi connectivity index (χ4n) is 3.91. The third-order valence-corrected chi connectivity index (χ3v) is 5.16. The topological polar surface area (TPSA) is 69.8 Å². The number of halogens is 1. The standard InChI is InChI=1S/C18H22N4O.ClH/c23-17(16-14-12-19-11-8-15(14)21-22-16)20-18(9-4-5-10-18)13-6-2-1-3-7-13;/h1-3,6-7,19H,4-5,8-12H2,(H,20,23)(H,21,22);1H. The van der Waals surface area contributed by atoms with E-state index >= 15 is 0 Å². The molecular formula is C18H23ClN4O. The Morgan fingerprint density at radius 3 is 2.67 bits per heavy atom. The van der Waals surface area contributed by atoms with E-state index in [2.05, 4.69) is 33.0 Å². The molecule has 1 aliphatic carbocycles. The molecule has 0 spiro atoms. The molecule has 5 nitrogen and oxygen atoms in total. The third kappa shape index (κ3) is 2.94. The number of nitrogens with one attached hydrogen (secondary N) is 3. The number of hydrogen-bond donors (Lipinski definition) is 3. The molecule has 1 amide bonds. The molecule has 6 heteroatoms. The van der Waals surface area contributed by atoms with Gasteiger partial charge in [0.2, 0.25) is 0 Å². The number of aromatic amines is 1. The van der Waals surface area contributed by atoms with Crippen molar-refractivity contribution < 1.29 is 4.79 Å². The zero-order chi connectivity index (χ0) is 15.7. The van der Waals surface area contributed by atoms with Gasteiger partial charge in [-0.15, -0.1) is 12.4 Å². The molecule has 4 rings (SSSR count). The second kappa shape index (κ2) is 6.95. The number of fused-ring (bicyclic) bond motifs is 1. The molecule has 2 heterocycles.